The lowest BCUT2D eigenvalue weighted by Crippen LogP contribution is -2.07. The number of nitrogens with zero attached hydrogens (tertiary/aromatic N) is 2. The molecule has 0 radical (unpaired) electrons. The molecular weight excluding hydrogens is 256 g/mol. The van der Waals surface area contributed by atoms with Gasteiger partial charge in [-0.1, -0.05) is 43.7 Å². The second-order valence-electron chi connectivity index (χ2n) is 5.76. The van der Waals surface area contributed by atoms with E-state index in [1.54, 1.807) is 0 Å². The summed E-state index contributed by atoms with van der Waals surface area (Å²) in [4.78, 5) is 6.90. The number of allylic oxidation sites excluding steroid dienone is 3. The predicted octanol–water partition coefficient (Wildman–Crippen LogP) is 4.53. The molecule has 2 rings (SSSR count). The Morgan fingerprint density at radius 3 is 2.67 bits per heavy atom. The van der Waals surface area contributed by atoms with E-state index < -0.39 is 0 Å². The summed E-state index contributed by atoms with van der Waals surface area (Å²) in [5.74, 6) is 0. The number of unbranched alkanes of at least 4 members (excludes halogenated alkanes) is 1. The van der Waals surface area contributed by atoms with E-state index in [1.807, 2.05) is 0 Å². The first-order valence-corrected chi connectivity index (χ1v) is 7.82. The number of likely N-dealkylation sites (N-methyl/N-ethyl adjacent to an activating group) is 1. The zero-order valence-corrected chi connectivity index (χ0v) is 13.7. The van der Waals surface area contributed by atoms with E-state index in [9.17, 15) is 0 Å². The molecule has 112 valence electrons. The van der Waals surface area contributed by atoms with Gasteiger partial charge in [0.15, 0.2) is 0 Å². The first-order valence-electron chi connectivity index (χ1n) is 7.82. The van der Waals surface area contributed by atoms with Crippen molar-refractivity contribution in [3.8, 4) is 0 Å². The summed E-state index contributed by atoms with van der Waals surface area (Å²) in [6.45, 7) is 5.26. The van der Waals surface area contributed by atoms with E-state index in [1.165, 1.54) is 28.8 Å². The SMILES string of the molecule is CCCC/N=C(\C)c1ccccc1C1=CC(N(C)C)=CC1. The van der Waals surface area contributed by atoms with Crippen LogP contribution >= 0.6 is 0 Å². The highest BCUT2D eigenvalue weighted by Crippen LogP contribution is 2.30. The molecular formula is C19H26N2. The van der Waals surface area contributed by atoms with Gasteiger partial charge in [0.2, 0.25) is 0 Å². The Bertz CT molecular complexity index is 577. The lowest BCUT2D eigenvalue weighted by atomic mass is 9.96. The van der Waals surface area contributed by atoms with E-state index >= 15 is 0 Å². The number of rotatable bonds is 6. The molecule has 0 N–H and O–H groups in total. The molecule has 0 saturated heterocycles. The van der Waals surface area contributed by atoms with Crippen molar-refractivity contribution in [2.75, 3.05) is 20.6 Å². The number of hydrogen-bond acceptors (Lipinski definition) is 2. The Kier molecular flexibility index (Phi) is 5.38. The minimum Gasteiger partial charge on any atom is -0.378 e. The van der Waals surface area contributed by atoms with Gasteiger partial charge in [0, 0.05) is 37.6 Å². The van der Waals surface area contributed by atoms with Crippen LogP contribution in [-0.4, -0.2) is 31.3 Å². The van der Waals surface area contributed by atoms with Crippen LogP contribution in [0.15, 0.2) is 47.1 Å². The van der Waals surface area contributed by atoms with Gasteiger partial charge >= 0.3 is 0 Å². The fourth-order valence-electron chi connectivity index (χ4n) is 2.58. The Labute approximate surface area is 128 Å². The molecule has 0 amide bonds. The molecule has 0 atom stereocenters. The molecule has 0 bridgehead atoms. The van der Waals surface area contributed by atoms with E-state index in [2.05, 4.69) is 69.3 Å². The standard InChI is InChI=1S/C19H26N2/c1-5-6-13-20-15(2)18-9-7-8-10-19(18)16-11-12-17(14-16)21(3)4/h7-10,12,14H,5-6,11,13H2,1-4H3/b20-15+. The first kappa shape index (κ1) is 15.6. The monoisotopic (exact) mass is 282 g/mol. The average molecular weight is 282 g/mol. The third-order valence-corrected chi connectivity index (χ3v) is 3.89. The molecule has 2 nitrogen and oxygen atoms in total. The van der Waals surface area contributed by atoms with Crippen LogP contribution in [0, 0.1) is 0 Å². The molecule has 0 fully saturated rings. The quantitative estimate of drug-likeness (QED) is 0.553. The van der Waals surface area contributed by atoms with Crippen molar-refractivity contribution in [1.82, 2.24) is 4.90 Å². The van der Waals surface area contributed by atoms with E-state index in [0.717, 1.165) is 25.1 Å². The fourth-order valence-corrected chi connectivity index (χ4v) is 2.58. The fraction of sp³-hybridized carbons (Fsp3) is 0.421. The number of benzene rings is 1. The van der Waals surface area contributed by atoms with Gasteiger partial charge in [-0.15, -0.1) is 0 Å². The minimum absolute atomic E-state index is 0.927. The van der Waals surface area contributed by atoms with Crippen molar-refractivity contribution >= 4 is 11.3 Å². The summed E-state index contributed by atoms with van der Waals surface area (Å²) in [5, 5.41) is 0. The molecule has 0 unspecified atom stereocenters. The molecule has 0 aromatic heterocycles. The van der Waals surface area contributed by atoms with Crippen LogP contribution in [0.1, 0.15) is 44.2 Å². The summed E-state index contributed by atoms with van der Waals surface area (Å²) >= 11 is 0. The molecule has 0 aliphatic heterocycles. The van der Waals surface area contributed by atoms with Crippen LogP contribution in [0.2, 0.25) is 0 Å². The Morgan fingerprint density at radius 1 is 1.24 bits per heavy atom. The molecule has 1 aliphatic rings. The highest BCUT2D eigenvalue weighted by molar-refractivity contribution is 6.03. The maximum Gasteiger partial charge on any atom is 0.0395 e. The van der Waals surface area contributed by atoms with Gasteiger partial charge < -0.3 is 4.90 Å². The highest BCUT2D eigenvalue weighted by Gasteiger charge is 2.14. The normalized spacial score (nSPS) is 15.0. The van der Waals surface area contributed by atoms with Crippen molar-refractivity contribution in [2.45, 2.75) is 33.1 Å². The number of hydrogen-bond donors (Lipinski definition) is 0. The molecule has 1 aromatic rings. The summed E-state index contributed by atoms with van der Waals surface area (Å²) in [5.41, 5.74) is 6.43. The van der Waals surface area contributed by atoms with Crippen LogP contribution in [0.4, 0.5) is 0 Å². The van der Waals surface area contributed by atoms with E-state index in [0.29, 0.717) is 0 Å². The molecule has 2 heteroatoms. The summed E-state index contributed by atoms with van der Waals surface area (Å²) in [7, 11) is 4.18. The minimum atomic E-state index is 0.927. The molecule has 21 heavy (non-hydrogen) atoms. The van der Waals surface area contributed by atoms with Gasteiger partial charge in [0.05, 0.1) is 0 Å². The lowest BCUT2D eigenvalue weighted by molar-refractivity contribution is 0.531. The van der Waals surface area contributed by atoms with Gasteiger partial charge in [-0.2, -0.15) is 0 Å². The zero-order chi connectivity index (χ0) is 15.2. The molecule has 1 aromatic carbocycles. The van der Waals surface area contributed by atoms with Crippen molar-refractivity contribution in [2.24, 2.45) is 4.99 Å². The molecule has 1 aliphatic carbocycles. The summed E-state index contributed by atoms with van der Waals surface area (Å²) in [6, 6.07) is 8.63. The van der Waals surface area contributed by atoms with E-state index in [4.69, 9.17) is 4.99 Å². The molecule has 0 heterocycles. The van der Waals surface area contributed by atoms with Crippen molar-refractivity contribution < 1.29 is 0 Å². The van der Waals surface area contributed by atoms with Gasteiger partial charge in [-0.25, -0.2) is 0 Å². The molecule has 0 spiro atoms. The van der Waals surface area contributed by atoms with Crippen LogP contribution in [0.25, 0.3) is 5.57 Å². The van der Waals surface area contributed by atoms with E-state index in [-0.39, 0.29) is 0 Å². The van der Waals surface area contributed by atoms with Crippen LogP contribution in [-0.2, 0) is 0 Å². The first-order chi connectivity index (χ1) is 10.1. The second kappa shape index (κ2) is 7.26. The maximum absolute atomic E-state index is 4.73. The number of aliphatic imine (C=N–C) groups is 1. The topological polar surface area (TPSA) is 15.6 Å². The van der Waals surface area contributed by atoms with Crippen molar-refractivity contribution in [1.29, 1.82) is 0 Å². The largest absolute Gasteiger partial charge is 0.378 e. The van der Waals surface area contributed by atoms with Gasteiger partial charge in [-0.05, 0) is 37.0 Å². The van der Waals surface area contributed by atoms with Gasteiger partial charge in [-0.3, -0.25) is 4.99 Å². The lowest BCUT2D eigenvalue weighted by Gasteiger charge is -2.12. The Hall–Kier alpha value is -1.83. The maximum atomic E-state index is 4.73. The molecule has 0 saturated carbocycles. The highest BCUT2D eigenvalue weighted by atomic mass is 15.1. The van der Waals surface area contributed by atoms with Crippen LogP contribution < -0.4 is 0 Å². The van der Waals surface area contributed by atoms with Crippen molar-refractivity contribution in [3.63, 3.8) is 0 Å². The summed E-state index contributed by atoms with van der Waals surface area (Å²) < 4.78 is 0. The zero-order valence-electron chi connectivity index (χ0n) is 13.7. The average Bonchev–Trinajstić information content (AvgIpc) is 2.97. The predicted molar refractivity (Wildman–Crippen MR) is 92.8 cm³/mol. The second-order valence-corrected chi connectivity index (χ2v) is 5.76. The smallest absolute Gasteiger partial charge is 0.0395 e. The van der Waals surface area contributed by atoms with Gasteiger partial charge in [0.25, 0.3) is 0 Å². The third-order valence-electron chi connectivity index (χ3n) is 3.89. The van der Waals surface area contributed by atoms with Gasteiger partial charge in [0.1, 0.15) is 0 Å². The van der Waals surface area contributed by atoms with Crippen LogP contribution in [0.5, 0.6) is 0 Å². The van der Waals surface area contributed by atoms with Crippen LogP contribution in [0.3, 0.4) is 0 Å². The Morgan fingerprint density at radius 2 is 2.00 bits per heavy atom. The van der Waals surface area contributed by atoms with Crippen molar-refractivity contribution in [3.05, 3.63) is 53.2 Å². The summed E-state index contributed by atoms with van der Waals surface area (Å²) in [6.07, 6.45) is 7.94. The third kappa shape index (κ3) is 3.84. The Balaban J connectivity index is 2.27.